The lowest BCUT2D eigenvalue weighted by Gasteiger charge is -2.19. The number of halogens is 1. The van der Waals surface area contributed by atoms with E-state index in [1.807, 2.05) is 6.07 Å². The van der Waals surface area contributed by atoms with Crippen molar-refractivity contribution in [2.45, 2.75) is 24.9 Å². The number of hydrogen-bond acceptors (Lipinski definition) is 4. The minimum atomic E-state index is -3.61. The largest absolute Gasteiger partial charge is 0.468 e. The van der Waals surface area contributed by atoms with Crippen molar-refractivity contribution in [2.75, 3.05) is 7.05 Å². The molecule has 0 radical (unpaired) electrons. The van der Waals surface area contributed by atoms with E-state index in [1.54, 1.807) is 25.1 Å². The summed E-state index contributed by atoms with van der Waals surface area (Å²) < 4.78 is 32.6. The predicted molar refractivity (Wildman–Crippen MR) is 84.1 cm³/mol. The molecule has 1 heterocycles. The first-order valence-corrected chi connectivity index (χ1v) is 8.57. The van der Waals surface area contributed by atoms with E-state index < -0.39 is 10.0 Å². The lowest BCUT2D eigenvalue weighted by molar-refractivity contribution is 0.406. The number of hydrogen-bond donors (Lipinski definition) is 1. The second-order valence-corrected chi connectivity index (χ2v) is 7.61. The number of furan rings is 1. The van der Waals surface area contributed by atoms with Gasteiger partial charge in [-0.25, -0.2) is 8.42 Å². The van der Waals surface area contributed by atoms with Crippen LogP contribution < -0.4 is 5.73 Å². The van der Waals surface area contributed by atoms with Crippen molar-refractivity contribution in [3.63, 3.8) is 0 Å². The van der Waals surface area contributed by atoms with Gasteiger partial charge in [-0.1, -0.05) is 15.9 Å². The number of nitrogens with zero attached hydrogens (tertiary/aromatic N) is 1. The summed E-state index contributed by atoms with van der Waals surface area (Å²) in [6, 6.07) is 6.92. The van der Waals surface area contributed by atoms with Gasteiger partial charge in [-0.3, -0.25) is 0 Å². The average molecular weight is 373 g/mol. The molecule has 1 aromatic carbocycles. The molecule has 0 aliphatic rings. The first-order valence-electron chi connectivity index (χ1n) is 6.34. The van der Waals surface area contributed by atoms with Crippen molar-refractivity contribution in [3.05, 3.63) is 51.9 Å². The lowest BCUT2D eigenvalue weighted by atomic mass is 10.1. The van der Waals surface area contributed by atoms with Crippen LogP contribution >= 0.6 is 15.9 Å². The van der Waals surface area contributed by atoms with E-state index in [-0.39, 0.29) is 18.0 Å². The van der Waals surface area contributed by atoms with Crippen LogP contribution in [0.2, 0.25) is 0 Å². The Morgan fingerprint density at radius 2 is 2.10 bits per heavy atom. The quantitative estimate of drug-likeness (QED) is 0.874. The van der Waals surface area contributed by atoms with Gasteiger partial charge in [0.25, 0.3) is 0 Å². The number of benzene rings is 1. The molecule has 2 rings (SSSR count). The van der Waals surface area contributed by atoms with Crippen molar-refractivity contribution in [2.24, 2.45) is 5.73 Å². The minimum Gasteiger partial charge on any atom is -0.468 e. The van der Waals surface area contributed by atoms with Crippen LogP contribution in [0.4, 0.5) is 0 Å². The summed E-state index contributed by atoms with van der Waals surface area (Å²) in [6.45, 7) is 2.22. The van der Waals surface area contributed by atoms with Gasteiger partial charge in [0.2, 0.25) is 10.0 Å². The molecule has 2 N–H and O–H groups in total. The van der Waals surface area contributed by atoms with Gasteiger partial charge >= 0.3 is 0 Å². The summed E-state index contributed by atoms with van der Waals surface area (Å²) in [5.41, 5.74) is 7.05. The van der Waals surface area contributed by atoms with Gasteiger partial charge in [-0.05, 0) is 42.3 Å². The molecule has 0 aliphatic carbocycles. The van der Waals surface area contributed by atoms with Gasteiger partial charge in [-0.2, -0.15) is 4.31 Å². The smallest absolute Gasteiger partial charge is 0.243 e. The van der Waals surface area contributed by atoms with Crippen LogP contribution in [0.5, 0.6) is 0 Å². The lowest BCUT2D eigenvalue weighted by Crippen LogP contribution is -2.27. The van der Waals surface area contributed by atoms with E-state index in [0.29, 0.717) is 11.3 Å². The maximum absolute atomic E-state index is 12.7. The molecule has 0 spiro atoms. The zero-order valence-electron chi connectivity index (χ0n) is 11.8. The fraction of sp³-hybridized carbons (Fsp3) is 0.286. The highest BCUT2D eigenvalue weighted by Crippen LogP contribution is 2.28. The Hall–Kier alpha value is -1.15. The number of sulfonamides is 1. The molecule has 0 aliphatic heterocycles. The molecule has 0 amide bonds. The summed E-state index contributed by atoms with van der Waals surface area (Å²) in [7, 11) is -2.08. The second kappa shape index (κ2) is 6.31. The zero-order valence-corrected chi connectivity index (χ0v) is 14.2. The molecular weight excluding hydrogens is 356 g/mol. The topological polar surface area (TPSA) is 76.5 Å². The molecule has 7 heteroatoms. The molecule has 21 heavy (non-hydrogen) atoms. The molecule has 0 unspecified atom stereocenters. The van der Waals surface area contributed by atoms with E-state index in [1.165, 1.54) is 17.6 Å². The summed E-state index contributed by atoms with van der Waals surface area (Å²) >= 11 is 3.38. The molecule has 0 saturated carbocycles. The third-order valence-corrected chi connectivity index (χ3v) is 5.99. The van der Waals surface area contributed by atoms with Crippen molar-refractivity contribution >= 4 is 26.0 Å². The van der Waals surface area contributed by atoms with Crippen LogP contribution in [-0.2, 0) is 23.1 Å². The van der Waals surface area contributed by atoms with Crippen molar-refractivity contribution in [1.29, 1.82) is 0 Å². The zero-order chi connectivity index (χ0) is 15.6. The molecule has 0 fully saturated rings. The molecule has 5 nitrogen and oxygen atoms in total. The summed E-state index contributed by atoms with van der Waals surface area (Å²) in [5, 5.41) is 0. The fourth-order valence-electron chi connectivity index (χ4n) is 1.97. The Kier molecular flexibility index (Phi) is 4.88. The van der Waals surface area contributed by atoms with Crippen LogP contribution in [0.1, 0.15) is 16.9 Å². The van der Waals surface area contributed by atoms with E-state index in [0.717, 1.165) is 10.0 Å². The monoisotopic (exact) mass is 372 g/mol. The highest BCUT2D eigenvalue weighted by atomic mass is 79.9. The SMILES string of the molecule is Cc1c(Br)cc(CN)cc1S(=O)(=O)N(C)Cc1ccco1. The van der Waals surface area contributed by atoms with E-state index in [9.17, 15) is 8.42 Å². The second-order valence-electron chi connectivity index (χ2n) is 4.75. The Balaban J connectivity index is 2.41. The maximum Gasteiger partial charge on any atom is 0.243 e. The molecule has 1 aromatic heterocycles. The fourth-order valence-corrected chi connectivity index (χ4v) is 4.04. The molecular formula is C14H17BrN2O3S. The third-order valence-electron chi connectivity index (χ3n) is 3.24. The van der Waals surface area contributed by atoms with Gasteiger partial charge in [0.1, 0.15) is 5.76 Å². The van der Waals surface area contributed by atoms with Crippen LogP contribution in [0.3, 0.4) is 0 Å². The normalized spacial score (nSPS) is 12.0. The van der Waals surface area contributed by atoms with Crippen LogP contribution in [-0.4, -0.2) is 19.8 Å². The Bertz CT molecular complexity index is 727. The number of nitrogens with two attached hydrogens (primary N) is 1. The van der Waals surface area contributed by atoms with Crippen molar-refractivity contribution in [1.82, 2.24) is 4.31 Å². The Morgan fingerprint density at radius 3 is 2.67 bits per heavy atom. The summed E-state index contributed by atoms with van der Waals surface area (Å²) in [5.74, 6) is 0.591. The first kappa shape index (κ1) is 16.2. The van der Waals surface area contributed by atoms with Gasteiger partial charge in [0.15, 0.2) is 0 Å². The molecule has 0 saturated heterocycles. The van der Waals surface area contributed by atoms with Crippen LogP contribution in [0, 0.1) is 6.92 Å². The van der Waals surface area contributed by atoms with Crippen LogP contribution in [0.15, 0.2) is 44.3 Å². The predicted octanol–water partition coefficient (Wildman–Crippen LogP) is 2.63. The van der Waals surface area contributed by atoms with Gasteiger partial charge in [-0.15, -0.1) is 0 Å². The highest BCUT2D eigenvalue weighted by molar-refractivity contribution is 9.10. The van der Waals surface area contributed by atoms with E-state index >= 15 is 0 Å². The minimum absolute atomic E-state index is 0.180. The van der Waals surface area contributed by atoms with Crippen LogP contribution in [0.25, 0.3) is 0 Å². The first-order chi connectivity index (χ1) is 9.86. The van der Waals surface area contributed by atoms with Crippen molar-refractivity contribution < 1.29 is 12.8 Å². The molecule has 0 atom stereocenters. The number of rotatable bonds is 5. The van der Waals surface area contributed by atoms with Gasteiger partial charge < -0.3 is 10.2 Å². The standard InChI is InChI=1S/C14H17BrN2O3S/c1-10-13(15)6-11(8-16)7-14(10)21(18,19)17(2)9-12-4-3-5-20-12/h3-7H,8-9,16H2,1-2H3. The van der Waals surface area contributed by atoms with E-state index in [4.69, 9.17) is 10.2 Å². The maximum atomic E-state index is 12.7. The average Bonchev–Trinajstić information content (AvgIpc) is 2.94. The summed E-state index contributed by atoms with van der Waals surface area (Å²) in [4.78, 5) is 0.256. The highest BCUT2D eigenvalue weighted by Gasteiger charge is 2.25. The van der Waals surface area contributed by atoms with Gasteiger partial charge in [0, 0.05) is 18.1 Å². The Morgan fingerprint density at radius 1 is 1.38 bits per heavy atom. The van der Waals surface area contributed by atoms with E-state index in [2.05, 4.69) is 15.9 Å². The van der Waals surface area contributed by atoms with Crippen molar-refractivity contribution in [3.8, 4) is 0 Å². The summed E-state index contributed by atoms with van der Waals surface area (Å²) in [6.07, 6.45) is 1.52. The molecule has 114 valence electrons. The molecule has 2 aromatic rings. The Labute approximate surface area is 132 Å². The third kappa shape index (κ3) is 3.37. The van der Waals surface area contributed by atoms with Gasteiger partial charge in [0.05, 0.1) is 17.7 Å². The molecule has 0 bridgehead atoms.